The van der Waals surface area contributed by atoms with E-state index in [2.05, 4.69) is 5.32 Å². The number of amides is 1. The van der Waals surface area contributed by atoms with Gasteiger partial charge in [0.2, 0.25) is 0 Å². The van der Waals surface area contributed by atoms with Gasteiger partial charge >= 0.3 is 0 Å². The van der Waals surface area contributed by atoms with E-state index in [-0.39, 0.29) is 33.0 Å². The number of thiophene rings is 1. The van der Waals surface area contributed by atoms with Crippen molar-refractivity contribution in [1.29, 1.82) is 0 Å². The van der Waals surface area contributed by atoms with Crippen molar-refractivity contribution in [2.45, 2.75) is 12.5 Å². The largest absolute Gasteiger partial charge is 0.388 e. The summed E-state index contributed by atoms with van der Waals surface area (Å²) in [6.07, 6.45) is 0.161. The smallest absolute Gasteiger partial charge is 0.261 e. The van der Waals surface area contributed by atoms with E-state index in [1.54, 1.807) is 0 Å². The Morgan fingerprint density at radius 2 is 1.89 bits per heavy atom. The number of hydrogen-bond acceptors (Lipinski definition) is 6. The average Bonchev–Trinajstić information content (AvgIpc) is 2.94. The second-order valence-corrected chi connectivity index (χ2v) is 8.05. The first kappa shape index (κ1) is 22.4. The van der Waals surface area contributed by atoms with Crippen molar-refractivity contribution in [1.82, 2.24) is 10.3 Å². The molecule has 1 aromatic carbocycles. The summed E-state index contributed by atoms with van der Waals surface area (Å²) in [5.41, 5.74) is 12.4. The molecule has 1 atom stereocenters. The summed E-state index contributed by atoms with van der Waals surface area (Å²) in [6, 6.07) is 4.12. The fourth-order valence-electron chi connectivity index (χ4n) is 2.59. The molecule has 0 aliphatic rings. The first-order valence-corrected chi connectivity index (χ1v) is 9.58. The highest BCUT2D eigenvalue weighted by molar-refractivity contribution is 7.18. The second-order valence-electron chi connectivity index (χ2n) is 5.99. The van der Waals surface area contributed by atoms with Crippen LogP contribution in [0.1, 0.15) is 20.8 Å². The predicted molar refractivity (Wildman–Crippen MR) is 109 cm³/mol. The highest BCUT2D eigenvalue weighted by atomic mass is 35.5. The first-order valence-electron chi connectivity index (χ1n) is 8.01. The minimum atomic E-state index is -0.698. The van der Waals surface area contributed by atoms with Crippen molar-refractivity contribution in [2.75, 3.05) is 13.6 Å². The fraction of sp³-hybridized carbons (Fsp3) is 0.235. The van der Waals surface area contributed by atoms with Gasteiger partial charge in [-0.15, -0.1) is 11.3 Å². The van der Waals surface area contributed by atoms with Gasteiger partial charge in [-0.2, -0.15) is 0 Å². The summed E-state index contributed by atoms with van der Waals surface area (Å²) in [5, 5.41) is 3.84. The van der Waals surface area contributed by atoms with Crippen LogP contribution in [0.2, 0.25) is 4.34 Å². The van der Waals surface area contributed by atoms with Gasteiger partial charge in [-0.3, -0.25) is 4.79 Å². The number of halogens is 4. The Hall–Kier alpha value is -1.91. The van der Waals surface area contributed by atoms with E-state index in [4.69, 9.17) is 40.5 Å². The number of nitrogens with one attached hydrogen (secondary N) is 1. The Kier molecular flexibility index (Phi) is 7.62. The maximum absolute atomic E-state index is 13.4. The van der Waals surface area contributed by atoms with E-state index in [0.717, 1.165) is 17.4 Å². The summed E-state index contributed by atoms with van der Waals surface area (Å²) >= 11 is 13.1. The third-order valence-electron chi connectivity index (χ3n) is 3.77. The van der Waals surface area contributed by atoms with Gasteiger partial charge in [0.05, 0.1) is 10.6 Å². The zero-order chi connectivity index (χ0) is 21.0. The molecule has 0 fully saturated rings. The summed E-state index contributed by atoms with van der Waals surface area (Å²) in [7, 11) is 1.53. The zero-order valence-electron chi connectivity index (χ0n) is 14.8. The topological polar surface area (TPSA) is 110 Å². The van der Waals surface area contributed by atoms with E-state index < -0.39 is 23.6 Å². The van der Waals surface area contributed by atoms with Crippen molar-refractivity contribution in [3.05, 3.63) is 61.4 Å². The van der Waals surface area contributed by atoms with Crippen molar-refractivity contribution in [2.24, 2.45) is 17.3 Å². The van der Waals surface area contributed by atoms with Crippen molar-refractivity contribution in [3.63, 3.8) is 0 Å². The number of nitrogens with zero attached hydrogens (tertiary/aromatic N) is 1. The summed E-state index contributed by atoms with van der Waals surface area (Å²) < 4.78 is 27.0. The quantitative estimate of drug-likeness (QED) is 0.295. The van der Waals surface area contributed by atoms with E-state index >= 15 is 0 Å². The Bertz CT molecular complexity index is 879. The van der Waals surface area contributed by atoms with Crippen LogP contribution in [0, 0.1) is 11.6 Å². The molecule has 0 spiro atoms. The van der Waals surface area contributed by atoms with Crippen LogP contribution in [0.15, 0.2) is 29.4 Å². The fourth-order valence-corrected chi connectivity index (χ4v) is 4.01. The van der Waals surface area contributed by atoms with Crippen LogP contribution >= 0.6 is 34.5 Å². The Balaban J connectivity index is 2.19. The van der Waals surface area contributed by atoms with Gasteiger partial charge in [0, 0.05) is 31.3 Å². The molecule has 2 aromatic rings. The van der Waals surface area contributed by atoms with Gasteiger partial charge in [-0.1, -0.05) is 23.2 Å². The Labute approximate surface area is 174 Å². The van der Waals surface area contributed by atoms with Crippen LogP contribution in [0.4, 0.5) is 8.78 Å². The molecular weight excluding hydrogens is 431 g/mol. The van der Waals surface area contributed by atoms with Crippen LogP contribution in [0.25, 0.3) is 5.70 Å². The minimum absolute atomic E-state index is 0.0706. The molecule has 1 heterocycles. The molecule has 2 rings (SSSR count). The number of nitrogens with two attached hydrogens (primary N) is 3. The van der Waals surface area contributed by atoms with E-state index in [1.165, 1.54) is 30.3 Å². The average molecular weight is 450 g/mol. The molecule has 6 nitrogen and oxygen atoms in total. The molecule has 0 radical (unpaired) electrons. The molecule has 0 aliphatic heterocycles. The molecule has 0 bridgehead atoms. The van der Waals surface area contributed by atoms with E-state index in [9.17, 15) is 13.6 Å². The molecule has 11 heteroatoms. The van der Waals surface area contributed by atoms with Crippen LogP contribution < -0.4 is 22.6 Å². The lowest BCUT2D eigenvalue weighted by molar-refractivity contribution is 0.0942. The number of carbonyl (C=O) groups excluding carboxylic acids is 1. The monoisotopic (exact) mass is 449 g/mol. The number of hydrogen-bond donors (Lipinski definition) is 4. The number of hydrazine groups is 1. The third-order valence-corrected chi connectivity index (χ3v) is 5.31. The van der Waals surface area contributed by atoms with Crippen LogP contribution in [0.5, 0.6) is 0 Å². The molecule has 7 N–H and O–H groups in total. The maximum atomic E-state index is 13.4. The first-order chi connectivity index (χ1) is 13.1. The molecule has 1 unspecified atom stereocenters. The van der Waals surface area contributed by atoms with Gasteiger partial charge in [-0.25, -0.2) is 14.6 Å². The van der Waals surface area contributed by atoms with Crippen LogP contribution in [-0.4, -0.2) is 30.6 Å². The van der Waals surface area contributed by atoms with Crippen LogP contribution in [-0.2, 0) is 6.42 Å². The second kappa shape index (κ2) is 9.53. The lowest BCUT2D eigenvalue weighted by Crippen LogP contribution is -2.41. The number of carbonyl (C=O) groups is 1. The molecule has 1 aromatic heterocycles. The lowest BCUT2D eigenvalue weighted by atomic mass is 10.1. The van der Waals surface area contributed by atoms with Gasteiger partial charge in [0.15, 0.2) is 0 Å². The third kappa shape index (κ3) is 5.55. The molecule has 1 amide bonds. The van der Waals surface area contributed by atoms with E-state index in [0.29, 0.717) is 11.1 Å². The normalized spacial score (nSPS) is 13.1. The lowest BCUT2D eigenvalue weighted by Gasteiger charge is -2.17. The Morgan fingerprint density at radius 3 is 2.39 bits per heavy atom. The SMILES string of the molecule is CN(N)C(=C(N)Cl)c1cc(C(=O)NC(CN)Cc2cc(F)cc(F)c2)sc1Cl. The molecular formula is C17H19Cl2F2N5OS. The summed E-state index contributed by atoms with van der Waals surface area (Å²) in [4.78, 5) is 12.9. The molecule has 152 valence electrons. The maximum Gasteiger partial charge on any atom is 0.261 e. The van der Waals surface area contributed by atoms with Gasteiger partial charge < -0.3 is 21.8 Å². The summed E-state index contributed by atoms with van der Waals surface area (Å²) in [5.74, 6) is 3.87. The Morgan fingerprint density at radius 1 is 1.29 bits per heavy atom. The van der Waals surface area contributed by atoms with Gasteiger partial charge in [-0.05, 0) is 30.2 Å². The van der Waals surface area contributed by atoms with Gasteiger partial charge in [0.1, 0.15) is 21.1 Å². The molecule has 28 heavy (non-hydrogen) atoms. The predicted octanol–water partition coefficient (Wildman–Crippen LogP) is 2.61. The highest BCUT2D eigenvalue weighted by Gasteiger charge is 2.21. The molecule has 0 saturated heterocycles. The van der Waals surface area contributed by atoms with Crippen molar-refractivity contribution in [3.8, 4) is 0 Å². The number of benzene rings is 1. The highest BCUT2D eigenvalue weighted by Crippen LogP contribution is 2.34. The molecule has 0 saturated carbocycles. The van der Waals surface area contributed by atoms with Crippen molar-refractivity contribution >= 4 is 46.1 Å². The summed E-state index contributed by atoms with van der Waals surface area (Å²) in [6.45, 7) is 0.0706. The molecule has 0 aliphatic carbocycles. The minimum Gasteiger partial charge on any atom is -0.388 e. The number of rotatable bonds is 7. The zero-order valence-corrected chi connectivity index (χ0v) is 17.1. The van der Waals surface area contributed by atoms with E-state index in [1.807, 2.05) is 0 Å². The van der Waals surface area contributed by atoms with Crippen molar-refractivity contribution < 1.29 is 13.6 Å². The standard InChI is InChI=1S/C17H19Cl2F2N5OS/c1-26(24)14(15(18)23)12-6-13(28-16(12)19)17(27)25-11(7-22)4-8-2-9(20)5-10(21)3-8/h2-3,5-6,11H,4,7,22-24H2,1H3,(H,25,27). The van der Waals surface area contributed by atoms with Gasteiger partial charge in [0.25, 0.3) is 5.91 Å². The van der Waals surface area contributed by atoms with Crippen LogP contribution in [0.3, 0.4) is 0 Å².